The fourth-order valence-electron chi connectivity index (χ4n) is 3.30. The highest BCUT2D eigenvalue weighted by Gasteiger charge is 2.31. The topological polar surface area (TPSA) is 111 Å². The average Bonchev–Trinajstić information content (AvgIpc) is 2.98. The van der Waals surface area contributed by atoms with Crippen LogP contribution in [0.1, 0.15) is 12.6 Å². The van der Waals surface area contributed by atoms with Crippen molar-refractivity contribution in [3.05, 3.63) is 50.2 Å². The summed E-state index contributed by atoms with van der Waals surface area (Å²) >= 11 is 0. The smallest absolute Gasteiger partial charge is 0.334 e. The van der Waals surface area contributed by atoms with E-state index in [0.717, 1.165) is 5.69 Å². The third kappa shape index (κ3) is 3.17. The molecular formula is C16H20N6O4. The molecule has 10 nitrogen and oxygen atoms in total. The third-order valence-corrected chi connectivity index (χ3v) is 4.58. The number of non-ortho nitro benzene ring substituents is 1. The zero-order valence-electron chi connectivity index (χ0n) is 14.7. The minimum absolute atomic E-state index is 0.0602. The van der Waals surface area contributed by atoms with Gasteiger partial charge in [-0.05, 0) is 18.6 Å². The first-order valence-corrected chi connectivity index (χ1v) is 8.37. The number of aryl methyl sites for hydroxylation is 2. The van der Waals surface area contributed by atoms with Crippen LogP contribution in [0.4, 0.5) is 22.9 Å². The van der Waals surface area contributed by atoms with E-state index in [4.69, 9.17) is 0 Å². The molecule has 1 saturated heterocycles. The number of nitrogens with zero attached hydrogens (tertiary/aromatic N) is 6. The Balaban J connectivity index is 1.76. The molecule has 0 aliphatic carbocycles. The lowest BCUT2D eigenvalue weighted by atomic mass is 10.2. The van der Waals surface area contributed by atoms with Gasteiger partial charge in [-0.25, -0.2) is 4.68 Å². The lowest BCUT2D eigenvalue weighted by Gasteiger charge is -2.36. The number of nitro groups is 2. The van der Waals surface area contributed by atoms with E-state index >= 15 is 0 Å². The molecule has 0 amide bonds. The fraction of sp³-hybridized carbons (Fsp3) is 0.438. The van der Waals surface area contributed by atoms with E-state index in [1.807, 2.05) is 11.8 Å². The Labute approximate surface area is 149 Å². The molecule has 10 heteroatoms. The summed E-state index contributed by atoms with van der Waals surface area (Å²) in [5, 5.41) is 26.5. The van der Waals surface area contributed by atoms with Crippen molar-refractivity contribution in [3.8, 4) is 0 Å². The molecule has 0 atom stereocenters. The van der Waals surface area contributed by atoms with Crippen LogP contribution < -0.4 is 9.80 Å². The van der Waals surface area contributed by atoms with Gasteiger partial charge in [-0.1, -0.05) is 6.92 Å². The monoisotopic (exact) mass is 360 g/mol. The Morgan fingerprint density at radius 1 is 1.00 bits per heavy atom. The van der Waals surface area contributed by atoms with E-state index < -0.39 is 4.92 Å². The molecule has 3 rings (SSSR count). The maximum Gasteiger partial charge on any atom is 0.334 e. The number of hydrogen-bond donors (Lipinski definition) is 0. The van der Waals surface area contributed by atoms with Crippen LogP contribution in [0.3, 0.4) is 0 Å². The van der Waals surface area contributed by atoms with Crippen LogP contribution in [0.15, 0.2) is 24.3 Å². The molecule has 0 N–H and O–H groups in total. The molecule has 2 heterocycles. The molecule has 138 valence electrons. The predicted molar refractivity (Wildman–Crippen MR) is 96.8 cm³/mol. The molecule has 1 aromatic carbocycles. The van der Waals surface area contributed by atoms with Crippen molar-refractivity contribution < 1.29 is 9.85 Å². The molecule has 0 spiro atoms. The van der Waals surface area contributed by atoms with Gasteiger partial charge >= 0.3 is 5.69 Å². The van der Waals surface area contributed by atoms with Gasteiger partial charge in [0.25, 0.3) is 5.69 Å². The van der Waals surface area contributed by atoms with Crippen LogP contribution in [0.5, 0.6) is 0 Å². The molecule has 0 radical (unpaired) electrons. The van der Waals surface area contributed by atoms with Gasteiger partial charge in [0.15, 0.2) is 0 Å². The second-order valence-corrected chi connectivity index (χ2v) is 6.10. The number of anilines is 2. The van der Waals surface area contributed by atoms with Gasteiger partial charge in [-0.15, -0.1) is 0 Å². The van der Waals surface area contributed by atoms with E-state index in [1.54, 1.807) is 23.9 Å². The molecule has 26 heavy (non-hydrogen) atoms. The largest absolute Gasteiger partial charge is 0.368 e. The lowest BCUT2D eigenvalue weighted by molar-refractivity contribution is -0.385. The highest BCUT2D eigenvalue weighted by molar-refractivity contribution is 5.63. The van der Waals surface area contributed by atoms with Crippen molar-refractivity contribution in [1.29, 1.82) is 0 Å². The summed E-state index contributed by atoms with van der Waals surface area (Å²) in [6.45, 7) is 4.41. The molecule has 0 unspecified atom stereocenters. The first-order valence-electron chi connectivity index (χ1n) is 8.37. The minimum atomic E-state index is -0.422. The Morgan fingerprint density at radius 3 is 2.08 bits per heavy atom. The summed E-state index contributed by atoms with van der Waals surface area (Å²) in [6, 6.07) is 6.44. The molecular weight excluding hydrogens is 340 g/mol. The molecule has 0 bridgehead atoms. The van der Waals surface area contributed by atoms with Crippen molar-refractivity contribution in [1.82, 2.24) is 9.78 Å². The van der Waals surface area contributed by atoms with Gasteiger partial charge in [-0.3, -0.25) is 20.2 Å². The Kier molecular flexibility index (Phi) is 4.74. The first-order chi connectivity index (χ1) is 12.4. The van der Waals surface area contributed by atoms with Crippen molar-refractivity contribution in [3.63, 3.8) is 0 Å². The minimum Gasteiger partial charge on any atom is -0.368 e. The highest BCUT2D eigenvalue weighted by atomic mass is 16.6. The van der Waals surface area contributed by atoms with E-state index in [1.165, 1.54) is 12.1 Å². The lowest BCUT2D eigenvalue weighted by Crippen LogP contribution is -2.47. The summed E-state index contributed by atoms with van der Waals surface area (Å²) < 4.78 is 1.58. The van der Waals surface area contributed by atoms with Crippen LogP contribution in [0, 0.1) is 20.2 Å². The summed E-state index contributed by atoms with van der Waals surface area (Å²) in [6.07, 6.45) is 0.507. The zero-order chi connectivity index (χ0) is 18.8. The molecule has 1 fully saturated rings. The van der Waals surface area contributed by atoms with Crippen LogP contribution in [-0.2, 0) is 13.5 Å². The number of rotatable bonds is 5. The Morgan fingerprint density at radius 2 is 1.58 bits per heavy atom. The van der Waals surface area contributed by atoms with Crippen LogP contribution >= 0.6 is 0 Å². The molecule has 0 saturated carbocycles. The van der Waals surface area contributed by atoms with E-state index in [-0.39, 0.29) is 16.3 Å². The second kappa shape index (κ2) is 6.98. The third-order valence-electron chi connectivity index (χ3n) is 4.58. The van der Waals surface area contributed by atoms with Gasteiger partial charge in [-0.2, -0.15) is 5.10 Å². The zero-order valence-corrected chi connectivity index (χ0v) is 14.7. The van der Waals surface area contributed by atoms with Crippen molar-refractivity contribution in [2.45, 2.75) is 13.3 Å². The predicted octanol–water partition coefficient (Wildman–Crippen LogP) is 2.13. The maximum atomic E-state index is 11.5. The normalized spacial score (nSPS) is 14.5. The molecule has 1 aromatic heterocycles. The van der Waals surface area contributed by atoms with Gasteiger partial charge in [0.1, 0.15) is 5.69 Å². The van der Waals surface area contributed by atoms with Crippen molar-refractivity contribution in [2.75, 3.05) is 36.0 Å². The van der Waals surface area contributed by atoms with E-state index in [9.17, 15) is 20.2 Å². The Hall–Kier alpha value is -3.17. The average molecular weight is 360 g/mol. The number of hydrogen-bond acceptors (Lipinski definition) is 7. The summed E-state index contributed by atoms with van der Waals surface area (Å²) in [5.41, 5.74) is 1.54. The highest BCUT2D eigenvalue weighted by Crippen LogP contribution is 2.33. The fourth-order valence-corrected chi connectivity index (χ4v) is 3.30. The van der Waals surface area contributed by atoms with Gasteiger partial charge in [0.2, 0.25) is 5.82 Å². The van der Waals surface area contributed by atoms with Crippen LogP contribution in [-0.4, -0.2) is 45.8 Å². The van der Waals surface area contributed by atoms with Crippen molar-refractivity contribution in [2.24, 2.45) is 7.05 Å². The number of piperazine rings is 1. The number of aromatic nitrogens is 2. The van der Waals surface area contributed by atoms with Gasteiger partial charge in [0.05, 0.1) is 9.85 Å². The summed E-state index contributed by atoms with van der Waals surface area (Å²) in [7, 11) is 1.73. The first kappa shape index (κ1) is 17.6. The van der Waals surface area contributed by atoms with Crippen LogP contribution in [0.2, 0.25) is 0 Å². The molecule has 1 aliphatic rings. The molecule has 2 aromatic rings. The summed E-state index contributed by atoms with van der Waals surface area (Å²) in [5.74, 6) is 0.537. The maximum absolute atomic E-state index is 11.5. The van der Waals surface area contributed by atoms with Crippen LogP contribution in [0.25, 0.3) is 0 Å². The molecule has 1 aliphatic heterocycles. The Bertz CT molecular complexity index is 824. The number of nitro benzene ring substituents is 1. The standard InChI is InChI=1S/C16H20N6O4/c1-3-14-15(22(25)26)16(18(2)17-14)20-10-8-19(9-11-20)12-4-6-13(7-5-12)21(23)24/h4-7H,3,8-11H2,1-2H3. The second-order valence-electron chi connectivity index (χ2n) is 6.10. The van der Waals surface area contributed by atoms with E-state index in [0.29, 0.717) is 44.1 Å². The van der Waals surface area contributed by atoms with E-state index in [2.05, 4.69) is 10.00 Å². The quantitative estimate of drug-likeness (QED) is 0.593. The van der Waals surface area contributed by atoms with Gasteiger partial charge in [0, 0.05) is 51.0 Å². The number of benzene rings is 1. The van der Waals surface area contributed by atoms with Gasteiger partial charge < -0.3 is 9.80 Å². The van der Waals surface area contributed by atoms with Crippen molar-refractivity contribution >= 4 is 22.9 Å². The summed E-state index contributed by atoms with van der Waals surface area (Å²) in [4.78, 5) is 25.6. The SMILES string of the molecule is CCc1nn(C)c(N2CCN(c3ccc([N+](=O)[O-])cc3)CC2)c1[N+](=O)[O-].